The highest BCUT2D eigenvalue weighted by Gasteiger charge is 2.24. The summed E-state index contributed by atoms with van der Waals surface area (Å²) >= 11 is 1.34. The van der Waals surface area contributed by atoms with Crippen molar-refractivity contribution in [2.24, 2.45) is 0 Å². The monoisotopic (exact) mass is 369 g/mol. The van der Waals surface area contributed by atoms with E-state index in [4.69, 9.17) is 0 Å². The molecular formula is C14H25Cl2N3O2S. The number of nitrogens with zero attached hydrogens (tertiary/aromatic N) is 2. The number of nitrogens with one attached hydrogen (secondary N) is 1. The van der Waals surface area contributed by atoms with Crippen LogP contribution in [0.5, 0.6) is 0 Å². The molecule has 2 heterocycles. The van der Waals surface area contributed by atoms with Gasteiger partial charge in [0, 0.05) is 43.2 Å². The number of thiophene rings is 1. The van der Waals surface area contributed by atoms with Gasteiger partial charge in [-0.15, -0.1) is 24.8 Å². The van der Waals surface area contributed by atoms with Gasteiger partial charge in [-0.3, -0.25) is 15.0 Å². The van der Waals surface area contributed by atoms with Gasteiger partial charge >= 0.3 is 5.00 Å². The molecule has 1 aliphatic rings. The van der Waals surface area contributed by atoms with Crippen LogP contribution in [0.3, 0.4) is 0 Å². The third-order valence-electron chi connectivity index (χ3n) is 3.79. The summed E-state index contributed by atoms with van der Waals surface area (Å²) in [6, 6.07) is 3.94. The molecule has 0 amide bonds. The first-order valence-electron chi connectivity index (χ1n) is 7.41. The predicted molar refractivity (Wildman–Crippen MR) is 96.8 cm³/mol. The van der Waals surface area contributed by atoms with E-state index in [2.05, 4.69) is 17.1 Å². The van der Waals surface area contributed by atoms with E-state index in [9.17, 15) is 10.1 Å². The van der Waals surface area contributed by atoms with Crippen molar-refractivity contribution in [3.05, 3.63) is 27.1 Å². The molecule has 5 nitrogen and oxygen atoms in total. The summed E-state index contributed by atoms with van der Waals surface area (Å²) < 4.78 is 0. The van der Waals surface area contributed by atoms with E-state index in [0.29, 0.717) is 6.04 Å². The van der Waals surface area contributed by atoms with E-state index < -0.39 is 0 Å². The van der Waals surface area contributed by atoms with Gasteiger partial charge in [0.25, 0.3) is 0 Å². The highest BCUT2D eigenvalue weighted by Crippen LogP contribution is 2.35. The molecule has 1 aliphatic heterocycles. The Labute approximate surface area is 148 Å². The van der Waals surface area contributed by atoms with Gasteiger partial charge in [0.1, 0.15) is 0 Å². The molecule has 0 aromatic carbocycles. The van der Waals surface area contributed by atoms with Gasteiger partial charge in [-0.1, -0.05) is 37.5 Å². The molecule has 0 unspecified atom stereocenters. The van der Waals surface area contributed by atoms with Crippen molar-refractivity contribution in [2.75, 3.05) is 26.2 Å². The van der Waals surface area contributed by atoms with Gasteiger partial charge in [0.15, 0.2) is 0 Å². The lowest BCUT2D eigenvalue weighted by atomic mass is 10.0. The Kier molecular flexibility index (Phi) is 11.0. The SMILES string of the molecule is CCCCC[C@H](c1ccc([N+](=O)[O-])s1)N1CCNCC1.Cl.Cl. The Bertz CT molecular complexity index is 439. The van der Waals surface area contributed by atoms with Crippen LogP contribution in [-0.2, 0) is 0 Å². The van der Waals surface area contributed by atoms with Crippen LogP contribution in [0, 0.1) is 10.1 Å². The van der Waals surface area contributed by atoms with E-state index >= 15 is 0 Å². The van der Waals surface area contributed by atoms with Crippen molar-refractivity contribution < 1.29 is 4.92 Å². The number of hydrogen-bond acceptors (Lipinski definition) is 5. The molecule has 0 bridgehead atoms. The third kappa shape index (κ3) is 6.01. The molecule has 22 heavy (non-hydrogen) atoms. The van der Waals surface area contributed by atoms with Crippen molar-refractivity contribution in [1.82, 2.24) is 10.2 Å². The van der Waals surface area contributed by atoms with Crippen LogP contribution in [0.1, 0.15) is 43.5 Å². The molecule has 128 valence electrons. The smallest absolute Gasteiger partial charge is 0.314 e. The molecule has 0 spiro atoms. The topological polar surface area (TPSA) is 58.4 Å². The van der Waals surface area contributed by atoms with Crippen LogP contribution in [0.15, 0.2) is 12.1 Å². The predicted octanol–water partition coefficient (Wildman–Crippen LogP) is 4.03. The molecule has 0 radical (unpaired) electrons. The lowest BCUT2D eigenvalue weighted by Gasteiger charge is -2.34. The second kappa shape index (κ2) is 11.2. The zero-order chi connectivity index (χ0) is 14.4. The zero-order valence-electron chi connectivity index (χ0n) is 12.8. The van der Waals surface area contributed by atoms with E-state index in [1.165, 1.54) is 30.6 Å². The minimum atomic E-state index is -0.283. The number of halogens is 2. The van der Waals surface area contributed by atoms with E-state index in [1.54, 1.807) is 6.07 Å². The third-order valence-corrected chi connectivity index (χ3v) is 4.93. The summed E-state index contributed by atoms with van der Waals surface area (Å²) in [4.78, 5) is 14.2. The number of piperazine rings is 1. The first-order chi connectivity index (χ1) is 9.72. The molecule has 0 saturated carbocycles. The van der Waals surface area contributed by atoms with Crippen molar-refractivity contribution in [2.45, 2.75) is 38.6 Å². The molecule has 1 saturated heterocycles. The fourth-order valence-corrected chi connectivity index (χ4v) is 3.70. The van der Waals surface area contributed by atoms with Crippen molar-refractivity contribution in [1.29, 1.82) is 0 Å². The highest BCUT2D eigenvalue weighted by molar-refractivity contribution is 7.15. The van der Waals surface area contributed by atoms with E-state index in [1.807, 2.05) is 6.07 Å². The fourth-order valence-electron chi connectivity index (χ4n) is 2.71. The van der Waals surface area contributed by atoms with Crippen molar-refractivity contribution in [3.63, 3.8) is 0 Å². The van der Waals surface area contributed by atoms with Gasteiger partial charge in [0.05, 0.1) is 4.92 Å². The first-order valence-corrected chi connectivity index (χ1v) is 8.23. The molecule has 1 aromatic rings. The summed E-state index contributed by atoms with van der Waals surface area (Å²) in [6.45, 7) is 6.29. The number of unbranched alkanes of at least 4 members (excludes halogenated alkanes) is 2. The van der Waals surface area contributed by atoms with Crippen molar-refractivity contribution >= 4 is 41.2 Å². The summed E-state index contributed by atoms with van der Waals surface area (Å²) in [7, 11) is 0. The lowest BCUT2D eigenvalue weighted by Crippen LogP contribution is -2.45. The van der Waals surface area contributed by atoms with Gasteiger partial charge in [-0.25, -0.2) is 0 Å². The quantitative estimate of drug-likeness (QED) is 0.447. The molecular weight excluding hydrogens is 345 g/mol. The second-order valence-electron chi connectivity index (χ2n) is 5.23. The normalized spacial score (nSPS) is 16.4. The minimum absolute atomic E-state index is 0. The Balaban J connectivity index is 0.00000220. The van der Waals surface area contributed by atoms with Gasteiger partial charge in [-0.05, 0) is 12.5 Å². The number of nitro groups is 1. The van der Waals surface area contributed by atoms with E-state index in [0.717, 1.165) is 37.5 Å². The summed E-state index contributed by atoms with van der Waals surface area (Å²) in [5, 5.41) is 14.5. The Morgan fingerprint density at radius 1 is 1.32 bits per heavy atom. The number of rotatable bonds is 7. The van der Waals surface area contributed by atoms with Gasteiger partial charge in [-0.2, -0.15) is 0 Å². The number of hydrogen-bond donors (Lipinski definition) is 1. The fraction of sp³-hybridized carbons (Fsp3) is 0.714. The minimum Gasteiger partial charge on any atom is -0.314 e. The lowest BCUT2D eigenvalue weighted by molar-refractivity contribution is -0.380. The standard InChI is InChI=1S/C14H23N3O2S.2ClH/c1-2-3-4-5-12(16-10-8-15-9-11-16)13-6-7-14(20-13)17(18)19;;/h6-7,12,15H,2-5,8-11H2,1H3;2*1H/t12-;;/m1../s1. The molecule has 1 fully saturated rings. The van der Waals surface area contributed by atoms with Crippen LogP contribution in [-0.4, -0.2) is 36.0 Å². The maximum absolute atomic E-state index is 10.9. The molecule has 1 atom stereocenters. The van der Waals surface area contributed by atoms with Crippen molar-refractivity contribution in [3.8, 4) is 0 Å². The molecule has 1 aromatic heterocycles. The average molecular weight is 370 g/mol. The van der Waals surface area contributed by atoms with Crippen LogP contribution < -0.4 is 5.32 Å². The van der Waals surface area contributed by atoms with Gasteiger partial charge < -0.3 is 5.32 Å². The van der Waals surface area contributed by atoms with Gasteiger partial charge in [0.2, 0.25) is 0 Å². The van der Waals surface area contributed by atoms with E-state index in [-0.39, 0.29) is 34.7 Å². The Hall–Kier alpha value is -0.400. The Morgan fingerprint density at radius 2 is 2.00 bits per heavy atom. The Morgan fingerprint density at radius 3 is 2.55 bits per heavy atom. The largest absolute Gasteiger partial charge is 0.324 e. The summed E-state index contributed by atoms with van der Waals surface area (Å²) in [5.74, 6) is 0. The average Bonchev–Trinajstić information content (AvgIpc) is 2.94. The maximum atomic E-state index is 10.9. The maximum Gasteiger partial charge on any atom is 0.324 e. The molecule has 1 N–H and O–H groups in total. The van der Waals surface area contributed by atoms with Crippen LogP contribution in [0.2, 0.25) is 0 Å². The molecule has 0 aliphatic carbocycles. The second-order valence-corrected chi connectivity index (χ2v) is 6.32. The molecule has 8 heteroatoms. The highest BCUT2D eigenvalue weighted by atomic mass is 35.5. The zero-order valence-corrected chi connectivity index (χ0v) is 15.3. The van der Waals surface area contributed by atoms with Crippen LogP contribution >= 0.6 is 36.2 Å². The summed E-state index contributed by atoms with van der Waals surface area (Å²) in [6.07, 6.45) is 4.73. The van der Waals surface area contributed by atoms with Crippen LogP contribution in [0.4, 0.5) is 5.00 Å². The summed E-state index contributed by atoms with van der Waals surface area (Å²) in [5.41, 5.74) is 0. The molecule has 2 rings (SSSR count). The first kappa shape index (κ1) is 21.6. The van der Waals surface area contributed by atoms with Crippen LogP contribution in [0.25, 0.3) is 0 Å².